The van der Waals surface area contributed by atoms with Crippen LogP contribution in [0.25, 0.3) is 22.9 Å². The Kier molecular flexibility index (Phi) is 5.56. The minimum absolute atomic E-state index is 0.0449. The van der Waals surface area contributed by atoms with Crippen molar-refractivity contribution in [3.8, 4) is 28.7 Å². The first-order chi connectivity index (χ1) is 16.2. The number of imidazole rings is 1. The van der Waals surface area contributed by atoms with E-state index in [-0.39, 0.29) is 36.4 Å². The average molecular weight is 486 g/mol. The summed E-state index contributed by atoms with van der Waals surface area (Å²) in [4.78, 5) is 22.1. The molecule has 3 aromatic rings. The van der Waals surface area contributed by atoms with E-state index in [1.54, 1.807) is 22.9 Å². The molecule has 1 aromatic carbocycles. The molecule has 180 valence electrons. The molecule has 0 bridgehead atoms. The van der Waals surface area contributed by atoms with Crippen LogP contribution in [0.4, 0.5) is 0 Å². The van der Waals surface area contributed by atoms with E-state index in [1.807, 2.05) is 24.6 Å². The first kappa shape index (κ1) is 22.7. The number of hydrogen-bond donors (Lipinski definition) is 1. The Labute approximate surface area is 197 Å². The number of ether oxygens (including phenoxy) is 1. The standard InChI is InChI=1S/C23H27N5O5S/c1-23(2,13-29)10-19(30)15-3-4-20-17(9-15)21-26-18(11-27(21)6-7-33-20)22-24-14-25-28(22)16-5-8-34(31,32)12-16/h3-4,9,11,14,16,29H,5-8,10,12-13H2,1-2H3. The molecule has 4 heterocycles. The second kappa shape index (κ2) is 8.31. The van der Waals surface area contributed by atoms with Crippen molar-refractivity contribution in [1.29, 1.82) is 0 Å². The lowest BCUT2D eigenvalue weighted by molar-refractivity contribution is 0.0858. The van der Waals surface area contributed by atoms with Crippen molar-refractivity contribution < 1.29 is 23.1 Å². The number of aliphatic hydroxyl groups excluding tert-OH is 1. The Morgan fingerprint density at radius 2 is 2.12 bits per heavy atom. The minimum atomic E-state index is -3.07. The lowest BCUT2D eigenvalue weighted by Gasteiger charge is -2.20. The summed E-state index contributed by atoms with van der Waals surface area (Å²) in [6.45, 7) is 4.62. The van der Waals surface area contributed by atoms with Crippen LogP contribution in [0.15, 0.2) is 30.7 Å². The van der Waals surface area contributed by atoms with E-state index in [9.17, 15) is 18.3 Å². The van der Waals surface area contributed by atoms with Gasteiger partial charge >= 0.3 is 0 Å². The zero-order chi connectivity index (χ0) is 24.1. The highest BCUT2D eigenvalue weighted by Crippen LogP contribution is 2.36. The highest BCUT2D eigenvalue weighted by Gasteiger charge is 2.32. The first-order valence-electron chi connectivity index (χ1n) is 11.2. The highest BCUT2D eigenvalue weighted by molar-refractivity contribution is 7.91. The van der Waals surface area contributed by atoms with Crippen molar-refractivity contribution in [2.45, 2.75) is 39.3 Å². The van der Waals surface area contributed by atoms with Crippen molar-refractivity contribution in [3.63, 3.8) is 0 Å². The SMILES string of the molecule is CC(C)(CO)CC(=O)c1ccc2c(c1)-c1nc(-c3ncnn3C3CCS(=O)(=O)C3)cn1CCO2. The Morgan fingerprint density at radius 3 is 2.85 bits per heavy atom. The highest BCUT2D eigenvalue weighted by atomic mass is 32.2. The molecular weight excluding hydrogens is 458 g/mol. The fraction of sp³-hybridized carbons (Fsp3) is 0.478. The van der Waals surface area contributed by atoms with Gasteiger partial charge < -0.3 is 14.4 Å². The van der Waals surface area contributed by atoms with Gasteiger partial charge in [-0.05, 0) is 30.0 Å². The number of rotatable bonds is 6. The summed E-state index contributed by atoms with van der Waals surface area (Å²) >= 11 is 0. The van der Waals surface area contributed by atoms with Crippen LogP contribution in [0.1, 0.15) is 43.1 Å². The van der Waals surface area contributed by atoms with E-state index in [0.717, 1.165) is 0 Å². The molecule has 11 heteroatoms. The lowest BCUT2D eigenvalue weighted by atomic mass is 9.86. The fourth-order valence-electron chi connectivity index (χ4n) is 4.43. The van der Waals surface area contributed by atoms with Gasteiger partial charge in [-0.3, -0.25) is 4.79 Å². The van der Waals surface area contributed by atoms with E-state index in [0.29, 0.717) is 53.8 Å². The summed E-state index contributed by atoms with van der Waals surface area (Å²) in [7, 11) is -3.07. The zero-order valence-electron chi connectivity index (χ0n) is 19.1. The summed E-state index contributed by atoms with van der Waals surface area (Å²) in [6.07, 6.45) is 4.00. The number of sulfone groups is 1. The second-order valence-electron chi connectivity index (χ2n) is 9.71. The van der Waals surface area contributed by atoms with Gasteiger partial charge in [-0.2, -0.15) is 5.10 Å². The molecule has 0 radical (unpaired) electrons. The van der Waals surface area contributed by atoms with Gasteiger partial charge in [-0.15, -0.1) is 0 Å². The Hall–Kier alpha value is -3.05. The van der Waals surface area contributed by atoms with E-state index < -0.39 is 15.3 Å². The fourth-order valence-corrected chi connectivity index (χ4v) is 6.12. The number of nitrogens with zero attached hydrogens (tertiary/aromatic N) is 5. The molecule has 1 atom stereocenters. The van der Waals surface area contributed by atoms with Crippen LogP contribution in [0.2, 0.25) is 0 Å². The molecule has 1 N–H and O–H groups in total. The number of aliphatic hydroxyl groups is 1. The number of hydrogen-bond acceptors (Lipinski definition) is 8. The number of aromatic nitrogens is 5. The van der Waals surface area contributed by atoms with Crippen molar-refractivity contribution in [3.05, 3.63) is 36.3 Å². The molecule has 2 aliphatic rings. The van der Waals surface area contributed by atoms with Crippen LogP contribution in [0.3, 0.4) is 0 Å². The second-order valence-corrected chi connectivity index (χ2v) is 11.9. The number of ketones is 1. The van der Waals surface area contributed by atoms with Gasteiger partial charge in [-0.25, -0.2) is 23.1 Å². The lowest BCUT2D eigenvalue weighted by Crippen LogP contribution is -2.21. The third-order valence-electron chi connectivity index (χ3n) is 6.33. The third-order valence-corrected chi connectivity index (χ3v) is 8.08. The molecule has 1 unspecified atom stereocenters. The first-order valence-corrected chi connectivity index (χ1v) is 13.1. The number of fused-ring (bicyclic) bond motifs is 3. The molecule has 2 aliphatic heterocycles. The third kappa shape index (κ3) is 4.25. The topological polar surface area (TPSA) is 129 Å². The predicted molar refractivity (Wildman–Crippen MR) is 124 cm³/mol. The van der Waals surface area contributed by atoms with Crippen LogP contribution in [0, 0.1) is 5.41 Å². The van der Waals surface area contributed by atoms with Crippen molar-refractivity contribution in [2.24, 2.45) is 5.41 Å². The summed E-state index contributed by atoms with van der Waals surface area (Å²) < 4.78 is 33.5. The summed E-state index contributed by atoms with van der Waals surface area (Å²) in [5.41, 5.74) is 1.30. The molecule has 0 amide bonds. The maximum Gasteiger partial charge on any atom is 0.178 e. The van der Waals surface area contributed by atoms with Crippen molar-refractivity contribution in [1.82, 2.24) is 24.3 Å². The van der Waals surface area contributed by atoms with Gasteiger partial charge in [0.15, 0.2) is 21.4 Å². The van der Waals surface area contributed by atoms with E-state index in [1.165, 1.54) is 6.33 Å². The maximum absolute atomic E-state index is 12.9. The van der Waals surface area contributed by atoms with Gasteiger partial charge in [0, 0.05) is 24.8 Å². The molecule has 1 saturated heterocycles. The minimum Gasteiger partial charge on any atom is -0.491 e. The molecule has 1 fully saturated rings. The van der Waals surface area contributed by atoms with Crippen LogP contribution < -0.4 is 4.74 Å². The van der Waals surface area contributed by atoms with Crippen molar-refractivity contribution >= 4 is 15.6 Å². The Morgan fingerprint density at radius 1 is 1.29 bits per heavy atom. The van der Waals surface area contributed by atoms with Crippen LogP contribution in [-0.4, -0.2) is 68.3 Å². The van der Waals surface area contributed by atoms with Gasteiger partial charge in [0.2, 0.25) is 0 Å². The molecule has 34 heavy (non-hydrogen) atoms. The van der Waals surface area contributed by atoms with E-state index in [2.05, 4.69) is 10.1 Å². The van der Waals surface area contributed by atoms with Crippen LogP contribution in [0.5, 0.6) is 5.75 Å². The predicted octanol–water partition coefficient (Wildman–Crippen LogP) is 2.15. The largest absolute Gasteiger partial charge is 0.491 e. The molecular formula is C23H27N5O5S. The zero-order valence-corrected chi connectivity index (χ0v) is 20.0. The molecule has 5 rings (SSSR count). The van der Waals surface area contributed by atoms with Gasteiger partial charge in [0.1, 0.15) is 30.2 Å². The Bertz CT molecular complexity index is 1360. The molecule has 10 nitrogen and oxygen atoms in total. The van der Waals surface area contributed by atoms with Crippen molar-refractivity contribution in [2.75, 3.05) is 24.7 Å². The smallest absolute Gasteiger partial charge is 0.178 e. The number of carbonyl (C=O) groups is 1. The van der Waals surface area contributed by atoms with Crippen LogP contribution >= 0.6 is 0 Å². The molecule has 2 aromatic heterocycles. The van der Waals surface area contributed by atoms with Gasteiger partial charge in [-0.1, -0.05) is 13.8 Å². The summed E-state index contributed by atoms with van der Waals surface area (Å²) in [5, 5.41) is 13.8. The van der Waals surface area contributed by atoms with Gasteiger partial charge in [0.05, 0.1) is 29.7 Å². The summed E-state index contributed by atoms with van der Waals surface area (Å²) in [6, 6.07) is 5.04. The molecule has 0 saturated carbocycles. The molecule has 0 spiro atoms. The van der Waals surface area contributed by atoms with E-state index >= 15 is 0 Å². The quantitative estimate of drug-likeness (QED) is 0.526. The molecule has 0 aliphatic carbocycles. The number of benzene rings is 1. The number of Topliss-reactive ketones (excluding diaryl/α,β-unsaturated/α-hetero) is 1. The Balaban J connectivity index is 1.52. The van der Waals surface area contributed by atoms with E-state index in [4.69, 9.17) is 9.72 Å². The average Bonchev–Trinajstić information content (AvgIpc) is 3.49. The monoisotopic (exact) mass is 485 g/mol. The van der Waals surface area contributed by atoms with Gasteiger partial charge in [0.25, 0.3) is 0 Å². The summed E-state index contributed by atoms with van der Waals surface area (Å²) in [5.74, 6) is 1.92. The normalized spacial score (nSPS) is 19.2. The maximum atomic E-state index is 12.9. The van der Waals surface area contributed by atoms with Crippen LogP contribution in [-0.2, 0) is 16.4 Å². The number of carbonyl (C=O) groups excluding carboxylic acids is 1.